The second kappa shape index (κ2) is 8.97. The molecule has 6 heteroatoms. The van der Waals surface area contributed by atoms with Gasteiger partial charge in [-0.2, -0.15) is 5.10 Å². The standard InChI is InChI=1S/C21H28N4O2/c1-16-20(17(2)24(3)23-16)9-10-21(26)22-13-19-15-25(11-12-27-19)14-18-7-5-4-6-8-18/h4-10,19H,11-15H2,1-3H3,(H,22,26)/b10-9+. The first-order valence-electron chi connectivity index (χ1n) is 9.37. The molecule has 27 heavy (non-hydrogen) atoms. The summed E-state index contributed by atoms with van der Waals surface area (Å²) in [6.45, 7) is 7.79. The van der Waals surface area contributed by atoms with Crippen LogP contribution in [0, 0.1) is 13.8 Å². The van der Waals surface area contributed by atoms with Gasteiger partial charge in [-0.1, -0.05) is 30.3 Å². The molecule has 0 bridgehead atoms. The van der Waals surface area contributed by atoms with Crippen LogP contribution in [-0.2, 0) is 23.1 Å². The second-order valence-electron chi connectivity index (χ2n) is 7.00. The van der Waals surface area contributed by atoms with E-state index in [9.17, 15) is 4.79 Å². The third kappa shape index (κ3) is 5.28. The zero-order chi connectivity index (χ0) is 19.2. The van der Waals surface area contributed by atoms with E-state index in [2.05, 4.69) is 39.6 Å². The number of amides is 1. The number of hydrogen-bond donors (Lipinski definition) is 1. The SMILES string of the molecule is Cc1nn(C)c(C)c1/C=C/C(=O)NCC1CN(Cc2ccccc2)CCO1. The molecule has 1 unspecified atom stereocenters. The van der Waals surface area contributed by atoms with Crippen LogP contribution in [0.1, 0.15) is 22.5 Å². The van der Waals surface area contributed by atoms with Crippen LogP contribution in [0.25, 0.3) is 6.08 Å². The van der Waals surface area contributed by atoms with E-state index in [1.807, 2.05) is 37.7 Å². The Bertz CT molecular complexity index is 798. The normalized spacial score (nSPS) is 18.1. The fourth-order valence-corrected chi connectivity index (χ4v) is 3.35. The van der Waals surface area contributed by atoms with E-state index in [-0.39, 0.29) is 12.0 Å². The number of nitrogens with zero attached hydrogens (tertiary/aromatic N) is 3. The fourth-order valence-electron chi connectivity index (χ4n) is 3.35. The molecule has 144 valence electrons. The van der Waals surface area contributed by atoms with Crippen molar-refractivity contribution >= 4 is 12.0 Å². The maximum atomic E-state index is 12.2. The molecule has 0 saturated carbocycles. The van der Waals surface area contributed by atoms with Crippen molar-refractivity contribution in [3.63, 3.8) is 0 Å². The Morgan fingerprint density at radius 3 is 2.81 bits per heavy atom. The number of morpholine rings is 1. The van der Waals surface area contributed by atoms with Crippen molar-refractivity contribution in [2.45, 2.75) is 26.5 Å². The minimum absolute atomic E-state index is 0.0154. The van der Waals surface area contributed by atoms with Crippen molar-refractivity contribution < 1.29 is 9.53 Å². The van der Waals surface area contributed by atoms with Crippen molar-refractivity contribution in [3.8, 4) is 0 Å². The van der Waals surface area contributed by atoms with Gasteiger partial charge in [0.15, 0.2) is 0 Å². The molecular weight excluding hydrogens is 340 g/mol. The Labute approximate surface area is 160 Å². The lowest BCUT2D eigenvalue weighted by Crippen LogP contribution is -2.46. The zero-order valence-electron chi connectivity index (χ0n) is 16.3. The van der Waals surface area contributed by atoms with Crippen LogP contribution in [0.3, 0.4) is 0 Å². The van der Waals surface area contributed by atoms with E-state index in [0.29, 0.717) is 13.2 Å². The highest BCUT2D eigenvalue weighted by Gasteiger charge is 2.20. The minimum Gasteiger partial charge on any atom is -0.374 e. The summed E-state index contributed by atoms with van der Waals surface area (Å²) in [7, 11) is 1.90. The average molecular weight is 368 g/mol. The van der Waals surface area contributed by atoms with E-state index >= 15 is 0 Å². The maximum absolute atomic E-state index is 12.2. The molecule has 0 aliphatic carbocycles. The van der Waals surface area contributed by atoms with Gasteiger partial charge >= 0.3 is 0 Å². The monoisotopic (exact) mass is 368 g/mol. The molecule has 6 nitrogen and oxygen atoms in total. The molecule has 1 aliphatic rings. The summed E-state index contributed by atoms with van der Waals surface area (Å²) in [4.78, 5) is 14.5. The first-order chi connectivity index (χ1) is 13.0. The van der Waals surface area contributed by atoms with E-state index in [1.54, 1.807) is 6.08 Å². The summed E-state index contributed by atoms with van der Waals surface area (Å²) in [6, 6.07) is 10.4. The summed E-state index contributed by atoms with van der Waals surface area (Å²) in [5.41, 5.74) is 4.26. The van der Waals surface area contributed by atoms with Crippen LogP contribution in [-0.4, -0.2) is 52.9 Å². The Balaban J connectivity index is 1.47. The number of nitrogens with one attached hydrogen (secondary N) is 1. The number of ether oxygens (including phenoxy) is 1. The Kier molecular flexibility index (Phi) is 6.42. The molecule has 3 rings (SSSR count). The van der Waals surface area contributed by atoms with Crippen molar-refractivity contribution in [1.82, 2.24) is 20.0 Å². The maximum Gasteiger partial charge on any atom is 0.244 e. The summed E-state index contributed by atoms with van der Waals surface area (Å²) < 4.78 is 7.63. The molecule has 2 heterocycles. The van der Waals surface area contributed by atoms with Gasteiger partial charge in [-0.15, -0.1) is 0 Å². The highest BCUT2D eigenvalue weighted by Crippen LogP contribution is 2.13. The van der Waals surface area contributed by atoms with Gasteiger partial charge in [0.25, 0.3) is 0 Å². The van der Waals surface area contributed by atoms with Crippen LogP contribution < -0.4 is 5.32 Å². The van der Waals surface area contributed by atoms with Gasteiger partial charge in [0.05, 0.1) is 18.4 Å². The van der Waals surface area contributed by atoms with E-state index in [1.165, 1.54) is 5.56 Å². The molecule has 2 aromatic rings. The van der Waals surface area contributed by atoms with Crippen LogP contribution >= 0.6 is 0 Å². The molecular formula is C21H28N4O2. The third-order valence-corrected chi connectivity index (χ3v) is 4.94. The number of carbonyl (C=O) groups is 1. The number of rotatable bonds is 6. The molecule has 1 N–H and O–H groups in total. The van der Waals surface area contributed by atoms with Crippen molar-refractivity contribution in [3.05, 3.63) is 58.9 Å². The Morgan fingerprint density at radius 2 is 2.11 bits per heavy atom. The van der Waals surface area contributed by atoms with Crippen LogP contribution in [0.4, 0.5) is 0 Å². The van der Waals surface area contributed by atoms with Crippen LogP contribution in [0.2, 0.25) is 0 Å². The van der Waals surface area contributed by atoms with Crippen molar-refractivity contribution in [1.29, 1.82) is 0 Å². The van der Waals surface area contributed by atoms with Gasteiger partial charge in [0.2, 0.25) is 5.91 Å². The van der Waals surface area contributed by atoms with E-state index < -0.39 is 0 Å². The number of aryl methyl sites for hydroxylation is 2. The molecule has 1 aliphatic heterocycles. The largest absolute Gasteiger partial charge is 0.374 e. The summed E-state index contributed by atoms with van der Waals surface area (Å²) in [5, 5.41) is 7.31. The van der Waals surface area contributed by atoms with Gasteiger partial charge in [-0.25, -0.2) is 0 Å². The molecule has 1 amide bonds. The smallest absolute Gasteiger partial charge is 0.244 e. The zero-order valence-corrected chi connectivity index (χ0v) is 16.3. The third-order valence-electron chi connectivity index (χ3n) is 4.94. The predicted octanol–water partition coefficient (Wildman–Crippen LogP) is 2.07. The molecule has 1 atom stereocenters. The lowest BCUT2D eigenvalue weighted by Gasteiger charge is -2.33. The van der Waals surface area contributed by atoms with Crippen LogP contribution in [0.5, 0.6) is 0 Å². The van der Waals surface area contributed by atoms with Crippen molar-refractivity contribution in [2.75, 3.05) is 26.2 Å². The molecule has 1 aromatic carbocycles. The number of carbonyl (C=O) groups excluding carboxylic acids is 1. The second-order valence-corrected chi connectivity index (χ2v) is 7.00. The summed E-state index contributed by atoms with van der Waals surface area (Å²) in [5.74, 6) is -0.110. The van der Waals surface area contributed by atoms with Gasteiger partial charge in [0.1, 0.15) is 0 Å². The fraction of sp³-hybridized carbons (Fsp3) is 0.429. The van der Waals surface area contributed by atoms with Crippen LogP contribution in [0.15, 0.2) is 36.4 Å². The van der Waals surface area contributed by atoms with Gasteiger partial charge in [0, 0.05) is 50.6 Å². The molecule has 0 spiro atoms. The Hall–Kier alpha value is -2.44. The molecule has 0 radical (unpaired) electrons. The minimum atomic E-state index is -0.110. The Morgan fingerprint density at radius 1 is 1.33 bits per heavy atom. The quantitative estimate of drug-likeness (QED) is 0.793. The summed E-state index contributed by atoms with van der Waals surface area (Å²) in [6.07, 6.45) is 3.42. The highest BCUT2D eigenvalue weighted by atomic mass is 16.5. The summed E-state index contributed by atoms with van der Waals surface area (Å²) >= 11 is 0. The lowest BCUT2D eigenvalue weighted by molar-refractivity contribution is -0.117. The number of benzene rings is 1. The lowest BCUT2D eigenvalue weighted by atomic mass is 10.2. The predicted molar refractivity (Wildman–Crippen MR) is 106 cm³/mol. The molecule has 1 aromatic heterocycles. The van der Waals surface area contributed by atoms with Gasteiger partial charge in [-0.3, -0.25) is 14.4 Å². The first-order valence-corrected chi connectivity index (χ1v) is 9.37. The number of hydrogen-bond acceptors (Lipinski definition) is 4. The molecule has 1 saturated heterocycles. The topological polar surface area (TPSA) is 59.4 Å². The van der Waals surface area contributed by atoms with E-state index in [4.69, 9.17) is 4.74 Å². The highest BCUT2D eigenvalue weighted by molar-refractivity contribution is 5.92. The molecule has 1 fully saturated rings. The van der Waals surface area contributed by atoms with Gasteiger partial charge < -0.3 is 10.1 Å². The first kappa shape index (κ1) is 19.3. The number of aromatic nitrogens is 2. The van der Waals surface area contributed by atoms with E-state index in [0.717, 1.165) is 36.6 Å². The van der Waals surface area contributed by atoms with Crippen molar-refractivity contribution in [2.24, 2.45) is 7.05 Å². The average Bonchev–Trinajstić information content (AvgIpc) is 2.91. The van der Waals surface area contributed by atoms with Gasteiger partial charge in [-0.05, 0) is 25.5 Å².